The Morgan fingerprint density at radius 1 is 0.500 bits per heavy atom. The Balaban J connectivity index is 0.000000152. The molecular weight excluding hydrogens is 594 g/mol. The number of hydrogen-bond acceptors (Lipinski definition) is 4. The summed E-state index contributed by atoms with van der Waals surface area (Å²) >= 11 is 0. The van der Waals surface area contributed by atoms with Crippen LogP contribution in [-0.2, 0) is 13.1 Å². The topological polar surface area (TPSA) is 84.9 Å². The summed E-state index contributed by atoms with van der Waals surface area (Å²) in [6.07, 6.45) is 0.834. The fraction of sp³-hybridized carbons (Fsp3) is 0.0476. The van der Waals surface area contributed by atoms with E-state index in [0.29, 0.717) is 35.0 Å². The van der Waals surface area contributed by atoms with Gasteiger partial charge in [0.15, 0.2) is 0 Å². The van der Waals surface area contributed by atoms with Crippen LogP contribution in [0.1, 0.15) is 27.0 Å². The lowest BCUT2D eigenvalue weighted by atomic mass is 10.0. The average molecular weight is 624 g/mol. The first-order chi connectivity index (χ1) is 23.6. The van der Waals surface area contributed by atoms with E-state index in [-0.39, 0.29) is 11.1 Å². The maximum absolute atomic E-state index is 13.0. The van der Waals surface area contributed by atoms with Crippen LogP contribution in [0.5, 0.6) is 0 Å². The lowest BCUT2D eigenvalue weighted by molar-refractivity contribution is 0.112. The van der Waals surface area contributed by atoms with E-state index in [1.54, 1.807) is 21.3 Å². The molecule has 0 amide bonds. The lowest BCUT2D eigenvalue weighted by Gasteiger charge is -2.13. The van der Waals surface area contributed by atoms with Gasteiger partial charge in [-0.1, -0.05) is 97.1 Å². The summed E-state index contributed by atoms with van der Waals surface area (Å²) in [6.45, 7) is 1.01. The van der Waals surface area contributed by atoms with E-state index in [2.05, 4.69) is 6.07 Å². The van der Waals surface area contributed by atoms with Gasteiger partial charge >= 0.3 is 0 Å². The van der Waals surface area contributed by atoms with Crippen LogP contribution in [0.3, 0.4) is 0 Å². The molecule has 0 atom stereocenters. The molecule has 0 aliphatic rings. The predicted molar refractivity (Wildman–Crippen MR) is 193 cm³/mol. The molecule has 230 valence electrons. The molecule has 0 radical (unpaired) electrons. The van der Waals surface area contributed by atoms with Crippen LogP contribution in [0, 0.1) is 11.3 Å². The second kappa shape index (κ2) is 13.0. The minimum absolute atomic E-state index is 0.00772. The first-order valence-electron chi connectivity index (χ1n) is 15.6. The predicted octanol–water partition coefficient (Wildman–Crippen LogP) is 8.09. The zero-order valence-electron chi connectivity index (χ0n) is 25.9. The van der Waals surface area contributed by atoms with Gasteiger partial charge in [0, 0.05) is 27.1 Å². The Morgan fingerprint density at radius 3 is 1.42 bits per heavy atom. The van der Waals surface area contributed by atoms with Crippen molar-refractivity contribution in [1.82, 2.24) is 9.13 Å². The molecule has 0 aliphatic carbocycles. The zero-order valence-corrected chi connectivity index (χ0v) is 25.9. The SMILES string of the molecule is N#Cc1ccc2c(c1)c1ccccc1c(=O)n2Cc1ccccc1.O=Cc1ccc2c(c1)c1ccccc1c(=O)n2Cc1ccccc1. The first kappa shape index (κ1) is 30.1. The van der Waals surface area contributed by atoms with Gasteiger partial charge in [0.05, 0.1) is 35.8 Å². The Morgan fingerprint density at radius 2 is 0.938 bits per heavy atom. The van der Waals surface area contributed by atoms with Crippen molar-refractivity contribution in [3.8, 4) is 6.07 Å². The highest BCUT2D eigenvalue weighted by Crippen LogP contribution is 2.26. The van der Waals surface area contributed by atoms with E-state index in [9.17, 15) is 19.6 Å². The second-order valence-corrected chi connectivity index (χ2v) is 11.6. The molecule has 0 aliphatic heterocycles. The molecule has 0 unspecified atom stereocenters. The van der Waals surface area contributed by atoms with Crippen molar-refractivity contribution in [2.24, 2.45) is 0 Å². The lowest BCUT2D eigenvalue weighted by Crippen LogP contribution is -2.21. The van der Waals surface area contributed by atoms with E-state index in [0.717, 1.165) is 50.0 Å². The van der Waals surface area contributed by atoms with Gasteiger partial charge < -0.3 is 9.13 Å². The number of fused-ring (bicyclic) bond motifs is 6. The number of benzene rings is 6. The van der Waals surface area contributed by atoms with Crippen molar-refractivity contribution in [3.05, 3.63) is 189 Å². The maximum Gasteiger partial charge on any atom is 0.259 e. The maximum atomic E-state index is 13.0. The Kier molecular flexibility index (Phi) is 8.17. The van der Waals surface area contributed by atoms with Crippen LogP contribution < -0.4 is 11.1 Å². The molecule has 0 fully saturated rings. The molecule has 8 aromatic rings. The Hall–Kier alpha value is -6.58. The molecule has 8 rings (SSSR count). The third-order valence-corrected chi connectivity index (χ3v) is 8.62. The fourth-order valence-electron chi connectivity index (χ4n) is 6.30. The first-order valence-corrected chi connectivity index (χ1v) is 15.6. The monoisotopic (exact) mass is 623 g/mol. The van der Waals surface area contributed by atoms with Gasteiger partial charge in [-0.25, -0.2) is 0 Å². The summed E-state index contributed by atoms with van der Waals surface area (Å²) in [5, 5.41) is 14.2. The average Bonchev–Trinajstić information content (AvgIpc) is 3.15. The van der Waals surface area contributed by atoms with E-state index >= 15 is 0 Å². The number of aldehydes is 1. The molecule has 0 bridgehead atoms. The van der Waals surface area contributed by atoms with E-state index < -0.39 is 0 Å². The van der Waals surface area contributed by atoms with Crippen molar-refractivity contribution in [2.45, 2.75) is 13.1 Å². The molecule has 6 aromatic carbocycles. The van der Waals surface area contributed by atoms with Crippen molar-refractivity contribution in [2.75, 3.05) is 0 Å². The molecule has 0 spiro atoms. The summed E-state index contributed by atoms with van der Waals surface area (Å²) < 4.78 is 3.57. The molecule has 6 heteroatoms. The van der Waals surface area contributed by atoms with Crippen LogP contribution in [0.15, 0.2) is 155 Å². The zero-order chi connectivity index (χ0) is 33.0. The summed E-state index contributed by atoms with van der Waals surface area (Å²) in [4.78, 5) is 37.2. The summed E-state index contributed by atoms with van der Waals surface area (Å²) in [5.74, 6) is 0. The van der Waals surface area contributed by atoms with E-state index in [1.807, 2.05) is 133 Å². The largest absolute Gasteiger partial charge is 0.303 e. The van der Waals surface area contributed by atoms with Crippen molar-refractivity contribution < 1.29 is 4.79 Å². The molecule has 6 nitrogen and oxygen atoms in total. The van der Waals surface area contributed by atoms with Gasteiger partial charge in [-0.2, -0.15) is 5.26 Å². The highest BCUT2D eigenvalue weighted by atomic mass is 16.1. The molecule has 0 N–H and O–H groups in total. The van der Waals surface area contributed by atoms with Gasteiger partial charge in [0.1, 0.15) is 6.29 Å². The van der Waals surface area contributed by atoms with Gasteiger partial charge in [0.2, 0.25) is 0 Å². The van der Waals surface area contributed by atoms with Crippen molar-refractivity contribution in [1.29, 1.82) is 5.26 Å². The molecular formula is C42H29N3O3. The van der Waals surface area contributed by atoms with E-state index in [4.69, 9.17) is 0 Å². The van der Waals surface area contributed by atoms with Crippen LogP contribution in [0.25, 0.3) is 43.4 Å². The second-order valence-electron chi connectivity index (χ2n) is 11.6. The smallest absolute Gasteiger partial charge is 0.259 e. The normalized spacial score (nSPS) is 10.9. The van der Waals surface area contributed by atoms with E-state index in [1.165, 1.54) is 0 Å². The number of hydrogen-bond donors (Lipinski definition) is 0. The van der Waals surface area contributed by atoms with Crippen molar-refractivity contribution >= 4 is 49.6 Å². The molecule has 48 heavy (non-hydrogen) atoms. The van der Waals surface area contributed by atoms with Crippen LogP contribution >= 0.6 is 0 Å². The highest BCUT2D eigenvalue weighted by Gasteiger charge is 2.13. The third-order valence-electron chi connectivity index (χ3n) is 8.62. The number of carbonyl (C=O) groups excluding carboxylic acids is 1. The quantitative estimate of drug-likeness (QED) is 0.143. The number of pyridine rings is 2. The molecule has 2 heterocycles. The Labute approximate surface area is 276 Å². The highest BCUT2D eigenvalue weighted by molar-refractivity contribution is 6.07. The van der Waals surface area contributed by atoms with Gasteiger partial charge in [0.25, 0.3) is 11.1 Å². The van der Waals surface area contributed by atoms with Gasteiger partial charge in [-0.3, -0.25) is 14.4 Å². The van der Waals surface area contributed by atoms with Crippen LogP contribution in [-0.4, -0.2) is 15.4 Å². The number of nitriles is 1. The fourth-order valence-corrected chi connectivity index (χ4v) is 6.30. The number of rotatable bonds is 5. The van der Waals surface area contributed by atoms with Gasteiger partial charge in [-0.15, -0.1) is 0 Å². The number of aromatic nitrogens is 2. The Bertz CT molecular complexity index is 2630. The number of nitrogens with zero attached hydrogens (tertiary/aromatic N) is 3. The summed E-state index contributed by atoms with van der Waals surface area (Å²) in [6, 6.07) is 48.1. The summed E-state index contributed by atoms with van der Waals surface area (Å²) in [5.41, 5.74) is 5.01. The third kappa shape index (κ3) is 5.66. The molecule has 0 saturated heterocycles. The molecule has 2 aromatic heterocycles. The number of carbonyl (C=O) groups is 1. The minimum Gasteiger partial charge on any atom is -0.303 e. The van der Waals surface area contributed by atoms with Gasteiger partial charge in [-0.05, 0) is 70.4 Å². The van der Waals surface area contributed by atoms with Crippen LogP contribution in [0.2, 0.25) is 0 Å². The van der Waals surface area contributed by atoms with Crippen LogP contribution in [0.4, 0.5) is 0 Å². The van der Waals surface area contributed by atoms with Crippen molar-refractivity contribution in [3.63, 3.8) is 0 Å². The minimum atomic E-state index is -0.0131. The molecule has 0 saturated carbocycles. The summed E-state index contributed by atoms with van der Waals surface area (Å²) in [7, 11) is 0. The standard InChI is InChI=1S/C21H14N2O.C21H15NO2/c22-13-16-10-11-20-19(12-16)17-8-4-5-9-18(17)21(24)23(20)14-15-6-2-1-3-7-15;23-14-16-10-11-20-19(12-16)17-8-4-5-9-18(17)21(24)22(20)13-15-6-2-1-3-7-15/h1-12H,14H2;1-12,14H,13H2.